The number of piperazine rings is 1. The van der Waals surface area contributed by atoms with Crippen molar-refractivity contribution in [3.63, 3.8) is 0 Å². The van der Waals surface area contributed by atoms with Crippen molar-refractivity contribution in [3.05, 3.63) is 24.0 Å². The molecule has 7 heteroatoms. The Bertz CT molecular complexity index is 840. The zero-order valence-electron chi connectivity index (χ0n) is 15.8. The number of carbonyl (C=O) groups is 2. The van der Waals surface area contributed by atoms with Gasteiger partial charge in [-0.05, 0) is 38.1 Å². The van der Waals surface area contributed by atoms with E-state index < -0.39 is 6.04 Å². The molecule has 1 unspecified atom stereocenters. The number of rotatable bonds is 4. The molecule has 2 aliphatic rings. The van der Waals surface area contributed by atoms with Gasteiger partial charge in [-0.3, -0.25) is 14.5 Å². The van der Waals surface area contributed by atoms with Crippen molar-refractivity contribution in [1.82, 2.24) is 20.2 Å². The number of aromatic nitrogens is 2. The van der Waals surface area contributed by atoms with Crippen molar-refractivity contribution >= 4 is 28.5 Å². The van der Waals surface area contributed by atoms with Gasteiger partial charge in [0.1, 0.15) is 5.82 Å². The van der Waals surface area contributed by atoms with Crippen LogP contribution in [-0.2, 0) is 9.59 Å². The second kappa shape index (κ2) is 7.68. The molecule has 2 amide bonds. The predicted molar refractivity (Wildman–Crippen MR) is 105 cm³/mol. The van der Waals surface area contributed by atoms with Crippen LogP contribution in [0.4, 0.5) is 5.69 Å². The monoisotopic (exact) mass is 369 g/mol. The van der Waals surface area contributed by atoms with E-state index in [1.807, 2.05) is 30.1 Å². The first-order valence-electron chi connectivity index (χ1n) is 9.87. The van der Waals surface area contributed by atoms with E-state index in [1.54, 1.807) is 0 Å². The minimum Gasteiger partial charge on any atom is -0.353 e. The number of aromatic amines is 1. The number of hydrogen-bond acceptors (Lipinski definition) is 4. The van der Waals surface area contributed by atoms with Crippen molar-refractivity contribution in [2.45, 2.75) is 50.5 Å². The van der Waals surface area contributed by atoms with Crippen LogP contribution >= 0.6 is 0 Å². The van der Waals surface area contributed by atoms with E-state index in [1.165, 1.54) is 32.1 Å². The summed E-state index contributed by atoms with van der Waals surface area (Å²) in [5, 5.41) is 5.73. The normalized spacial score (nSPS) is 22.0. The topological polar surface area (TPSA) is 90.1 Å². The molecule has 1 saturated heterocycles. The molecule has 0 spiro atoms. The molecule has 1 aliphatic carbocycles. The number of anilines is 1. The van der Waals surface area contributed by atoms with Crippen LogP contribution in [-0.4, -0.2) is 52.9 Å². The summed E-state index contributed by atoms with van der Waals surface area (Å²) in [6, 6.07) is 5.33. The molecule has 144 valence electrons. The number of fused-ring (bicyclic) bond motifs is 1. The summed E-state index contributed by atoms with van der Waals surface area (Å²) in [7, 11) is 1.88. The third-order valence-corrected chi connectivity index (χ3v) is 5.75. The molecule has 2 aromatic rings. The van der Waals surface area contributed by atoms with Crippen molar-refractivity contribution in [2.75, 3.05) is 25.5 Å². The van der Waals surface area contributed by atoms with Crippen molar-refractivity contribution in [2.24, 2.45) is 0 Å². The lowest BCUT2D eigenvalue weighted by Gasteiger charge is -2.31. The number of likely N-dealkylation sites (N-methyl/N-ethyl adjacent to an activating group) is 1. The molecule has 2 fully saturated rings. The molecular weight excluding hydrogens is 342 g/mol. The quantitative estimate of drug-likeness (QED) is 0.772. The van der Waals surface area contributed by atoms with Crippen LogP contribution in [0.2, 0.25) is 0 Å². The number of nitrogens with one attached hydrogen (secondary N) is 3. The minimum absolute atomic E-state index is 0.0833. The second-order valence-electron chi connectivity index (χ2n) is 7.73. The number of benzene rings is 1. The molecule has 3 N–H and O–H groups in total. The highest BCUT2D eigenvalue weighted by Gasteiger charge is 2.29. The molecule has 4 rings (SSSR count). The highest BCUT2D eigenvalue weighted by atomic mass is 16.2. The Morgan fingerprint density at radius 2 is 2.11 bits per heavy atom. The molecule has 0 bridgehead atoms. The van der Waals surface area contributed by atoms with Gasteiger partial charge in [0.2, 0.25) is 11.8 Å². The van der Waals surface area contributed by atoms with Crippen LogP contribution in [0, 0.1) is 0 Å². The average molecular weight is 369 g/mol. The van der Waals surface area contributed by atoms with E-state index in [0.29, 0.717) is 12.5 Å². The van der Waals surface area contributed by atoms with Gasteiger partial charge in [-0.1, -0.05) is 19.3 Å². The Balaban J connectivity index is 1.44. The van der Waals surface area contributed by atoms with Gasteiger partial charge in [-0.25, -0.2) is 4.98 Å². The maximum absolute atomic E-state index is 12.4. The SMILES string of the molecule is CN1CCNC(=O)C1CC(=O)Nc1ccc2nc(C3CCCCC3)[nH]c2c1. The van der Waals surface area contributed by atoms with Crippen molar-refractivity contribution in [1.29, 1.82) is 0 Å². The van der Waals surface area contributed by atoms with Crippen LogP contribution in [0.3, 0.4) is 0 Å². The summed E-state index contributed by atoms with van der Waals surface area (Å²) in [5.74, 6) is 1.34. The van der Waals surface area contributed by atoms with E-state index in [2.05, 4.69) is 15.6 Å². The Kier molecular flexibility index (Phi) is 5.11. The van der Waals surface area contributed by atoms with Crippen LogP contribution < -0.4 is 10.6 Å². The number of amides is 2. The van der Waals surface area contributed by atoms with Gasteiger partial charge in [0.15, 0.2) is 0 Å². The van der Waals surface area contributed by atoms with E-state index in [9.17, 15) is 9.59 Å². The van der Waals surface area contributed by atoms with E-state index in [-0.39, 0.29) is 18.2 Å². The maximum Gasteiger partial charge on any atom is 0.237 e. The first-order valence-corrected chi connectivity index (χ1v) is 9.87. The molecule has 0 radical (unpaired) electrons. The van der Waals surface area contributed by atoms with E-state index in [4.69, 9.17) is 4.98 Å². The van der Waals surface area contributed by atoms with Crippen LogP contribution in [0.25, 0.3) is 11.0 Å². The highest BCUT2D eigenvalue weighted by Crippen LogP contribution is 2.32. The summed E-state index contributed by atoms with van der Waals surface area (Å²) in [5.41, 5.74) is 2.60. The van der Waals surface area contributed by atoms with E-state index in [0.717, 1.165) is 29.1 Å². The van der Waals surface area contributed by atoms with Gasteiger partial charge in [0, 0.05) is 24.7 Å². The number of imidazole rings is 1. The first-order chi connectivity index (χ1) is 13.1. The minimum atomic E-state index is -0.410. The largest absolute Gasteiger partial charge is 0.353 e. The van der Waals surface area contributed by atoms with E-state index >= 15 is 0 Å². The standard InChI is InChI=1S/C20H27N5O2/c1-25-10-9-21-20(27)17(25)12-18(26)22-14-7-8-15-16(11-14)24-19(23-15)13-5-3-2-4-6-13/h7-8,11,13,17H,2-6,9-10,12H2,1H3,(H,21,27)(H,22,26)(H,23,24). The molecule has 2 heterocycles. The van der Waals surface area contributed by atoms with Gasteiger partial charge in [0.25, 0.3) is 0 Å². The number of nitrogens with zero attached hydrogens (tertiary/aromatic N) is 2. The molecule has 27 heavy (non-hydrogen) atoms. The Hall–Kier alpha value is -2.41. The van der Waals surface area contributed by atoms with Gasteiger partial charge < -0.3 is 15.6 Å². The second-order valence-corrected chi connectivity index (χ2v) is 7.73. The molecule has 1 atom stereocenters. The fraction of sp³-hybridized carbons (Fsp3) is 0.550. The summed E-state index contributed by atoms with van der Waals surface area (Å²) < 4.78 is 0. The summed E-state index contributed by atoms with van der Waals surface area (Å²) in [4.78, 5) is 34.5. The third kappa shape index (κ3) is 3.98. The van der Waals surface area contributed by atoms with Crippen LogP contribution in [0.5, 0.6) is 0 Å². The summed E-state index contributed by atoms with van der Waals surface area (Å²) in [6.07, 6.45) is 6.40. The molecule has 1 aromatic heterocycles. The van der Waals surface area contributed by atoms with Crippen LogP contribution in [0.1, 0.15) is 50.3 Å². The van der Waals surface area contributed by atoms with Crippen LogP contribution in [0.15, 0.2) is 18.2 Å². The smallest absolute Gasteiger partial charge is 0.237 e. The third-order valence-electron chi connectivity index (χ3n) is 5.75. The van der Waals surface area contributed by atoms with Crippen molar-refractivity contribution in [3.8, 4) is 0 Å². The fourth-order valence-corrected chi connectivity index (χ4v) is 4.14. The number of H-pyrrole nitrogens is 1. The zero-order valence-corrected chi connectivity index (χ0v) is 15.8. The Morgan fingerprint density at radius 3 is 2.89 bits per heavy atom. The number of hydrogen-bond donors (Lipinski definition) is 3. The highest BCUT2D eigenvalue weighted by molar-refractivity contribution is 5.96. The van der Waals surface area contributed by atoms with Crippen molar-refractivity contribution < 1.29 is 9.59 Å². The Morgan fingerprint density at radius 1 is 1.30 bits per heavy atom. The van der Waals surface area contributed by atoms with Gasteiger partial charge in [-0.2, -0.15) is 0 Å². The molecule has 7 nitrogen and oxygen atoms in total. The lowest BCUT2D eigenvalue weighted by atomic mass is 9.89. The zero-order chi connectivity index (χ0) is 18.8. The molecular formula is C20H27N5O2. The fourth-order valence-electron chi connectivity index (χ4n) is 4.14. The maximum atomic E-state index is 12.4. The summed E-state index contributed by atoms with van der Waals surface area (Å²) in [6.45, 7) is 1.39. The Labute approximate surface area is 158 Å². The lowest BCUT2D eigenvalue weighted by Crippen LogP contribution is -2.54. The van der Waals surface area contributed by atoms with Gasteiger partial charge in [0.05, 0.1) is 23.5 Å². The number of carbonyl (C=O) groups excluding carboxylic acids is 2. The van der Waals surface area contributed by atoms with Gasteiger partial charge in [-0.15, -0.1) is 0 Å². The average Bonchev–Trinajstić information content (AvgIpc) is 3.09. The molecule has 1 saturated carbocycles. The first kappa shape index (κ1) is 18.0. The van der Waals surface area contributed by atoms with Gasteiger partial charge >= 0.3 is 0 Å². The summed E-state index contributed by atoms with van der Waals surface area (Å²) >= 11 is 0. The lowest BCUT2D eigenvalue weighted by molar-refractivity contribution is -0.131. The predicted octanol–water partition coefficient (Wildman–Crippen LogP) is 2.37. The molecule has 1 aromatic carbocycles. The molecule has 1 aliphatic heterocycles.